The summed E-state index contributed by atoms with van der Waals surface area (Å²) in [4.78, 5) is 0. The topological polar surface area (TPSA) is 29.1 Å². The highest BCUT2D eigenvalue weighted by molar-refractivity contribution is 7.76. The maximum absolute atomic E-state index is 14.1. The first kappa shape index (κ1) is 17.9. The van der Waals surface area contributed by atoms with Crippen molar-refractivity contribution in [2.45, 2.75) is 32.7 Å². The van der Waals surface area contributed by atoms with Gasteiger partial charge < -0.3 is 0 Å². The summed E-state index contributed by atoms with van der Waals surface area (Å²) in [6.45, 7) is 8.34. The van der Waals surface area contributed by atoms with Gasteiger partial charge in [0.1, 0.15) is 0 Å². The van der Waals surface area contributed by atoms with Crippen LogP contribution in [0.3, 0.4) is 0 Å². The summed E-state index contributed by atoms with van der Waals surface area (Å²) in [6, 6.07) is 19.7. The summed E-state index contributed by atoms with van der Waals surface area (Å²) in [5, 5.41) is 5.25. The molecule has 3 rings (SSSR count). The second-order valence-electron chi connectivity index (χ2n) is 6.92. The highest BCUT2D eigenvalue weighted by atomic mass is 31.2. The molecule has 2 nitrogen and oxygen atoms in total. The van der Waals surface area contributed by atoms with E-state index < -0.39 is 7.29 Å². The summed E-state index contributed by atoms with van der Waals surface area (Å²) >= 11 is 0. The smallest absolute Gasteiger partial charge is 0.205 e. The van der Waals surface area contributed by atoms with E-state index >= 15 is 0 Å². The van der Waals surface area contributed by atoms with E-state index in [-0.39, 0.29) is 6.04 Å². The minimum Gasteiger partial charge on any atom is -0.297 e. The first-order chi connectivity index (χ1) is 12.0. The lowest BCUT2D eigenvalue weighted by Gasteiger charge is -2.33. The maximum atomic E-state index is 14.1. The van der Waals surface area contributed by atoms with Crippen molar-refractivity contribution in [1.29, 1.82) is 0 Å². The quantitative estimate of drug-likeness (QED) is 0.619. The molecule has 0 fully saturated rings. The Bertz CT molecular complexity index is 767. The number of allylic oxidation sites excluding steroid dienone is 2. The van der Waals surface area contributed by atoms with Gasteiger partial charge in [-0.2, -0.15) is 0 Å². The molecule has 0 amide bonds. The summed E-state index contributed by atoms with van der Waals surface area (Å²) in [5.41, 5.74) is 2.47. The number of benzene rings is 2. The van der Waals surface area contributed by atoms with Crippen molar-refractivity contribution in [2.24, 2.45) is 5.92 Å². The molecular weight excluding hydrogens is 325 g/mol. The van der Waals surface area contributed by atoms with Crippen LogP contribution in [-0.2, 0) is 4.57 Å². The van der Waals surface area contributed by atoms with Gasteiger partial charge in [-0.15, -0.1) is 0 Å². The largest absolute Gasteiger partial charge is 0.297 e. The minimum absolute atomic E-state index is 0.0988. The zero-order valence-electron chi connectivity index (χ0n) is 15.0. The number of nitrogens with one attached hydrogen (secondary N) is 1. The van der Waals surface area contributed by atoms with Gasteiger partial charge in [-0.05, 0) is 56.9 Å². The third kappa shape index (κ3) is 3.86. The van der Waals surface area contributed by atoms with Crippen LogP contribution in [0.15, 0.2) is 84.5 Å². The van der Waals surface area contributed by atoms with Crippen molar-refractivity contribution < 1.29 is 4.57 Å². The van der Waals surface area contributed by atoms with E-state index in [1.807, 2.05) is 60.7 Å². The fourth-order valence-corrected chi connectivity index (χ4v) is 5.92. The molecule has 0 radical (unpaired) electrons. The summed E-state index contributed by atoms with van der Waals surface area (Å²) in [7, 11) is -2.91. The summed E-state index contributed by atoms with van der Waals surface area (Å²) in [5.74, 6) is 0.446. The van der Waals surface area contributed by atoms with Gasteiger partial charge in [0.2, 0.25) is 7.29 Å². The molecular formula is C22H26NOP. The first-order valence-electron chi connectivity index (χ1n) is 8.82. The molecule has 0 bridgehead atoms. The Morgan fingerprint density at radius 2 is 1.56 bits per heavy atom. The Morgan fingerprint density at radius 3 is 2.04 bits per heavy atom. The Hall–Kier alpha value is -1.89. The molecule has 0 unspecified atom stereocenters. The molecule has 0 spiro atoms. The Kier molecular flexibility index (Phi) is 5.42. The summed E-state index contributed by atoms with van der Waals surface area (Å²) in [6.07, 6.45) is 4.24. The third-order valence-corrected chi connectivity index (χ3v) is 7.79. The van der Waals surface area contributed by atoms with E-state index in [1.54, 1.807) is 0 Å². The molecule has 2 aromatic carbocycles. The molecule has 0 heterocycles. The SMILES string of the molecule is C=C(C)[C@H]1CC=C(C)[C@@H](NP(=O)(c2ccccc2)c2ccccc2)C1. The molecule has 130 valence electrons. The van der Waals surface area contributed by atoms with Gasteiger partial charge in [-0.1, -0.05) is 60.2 Å². The zero-order chi connectivity index (χ0) is 17.9. The van der Waals surface area contributed by atoms with Crippen LogP contribution in [0.25, 0.3) is 0 Å². The second-order valence-corrected chi connectivity index (χ2v) is 9.43. The minimum atomic E-state index is -2.91. The average Bonchev–Trinajstić information content (AvgIpc) is 2.64. The van der Waals surface area contributed by atoms with Crippen LogP contribution in [0.5, 0.6) is 0 Å². The monoisotopic (exact) mass is 351 g/mol. The van der Waals surface area contributed by atoms with Gasteiger partial charge in [-0.3, -0.25) is 9.65 Å². The Morgan fingerprint density at radius 1 is 1.04 bits per heavy atom. The average molecular weight is 351 g/mol. The Balaban J connectivity index is 1.99. The van der Waals surface area contributed by atoms with Crippen LogP contribution in [0.1, 0.15) is 26.7 Å². The lowest BCUT2D eigenvalue weighted by molar-refractivity contribution is 0.467. The van der Waals surface area contributed by atoms with Gasteiger partial charge in [0.05, 0.1) is 0 Å². The van der Waals surface area contributed by atoms with E-state index in [1.165, 1.54) is 11.1 Å². The second kappa shape index (κ2) is 7.56. The predicted molar refractivity (Wildman–Crippen MR) is 108 cm³/mol. The van der Waals surface area contributed by atoms with Crippen molar-refractivity contribution in [3.05, 3.63) is 84.5 Å². The van der Waals surface area contributed by atoms with Crippen molar-refractivity contribution in [3.8, 4) is 0 Å². The number of hydrogen-bond acceptors (Lipinski definition) is 1. The molecule has 0 aromatic heterocycles. The zero-order valence-corrected chi connectivity index (χ0v) is 15.9. The third-order valence-electron chi connectivity index (χ3n) is 5.07. The number of hydrogen-bond donors (Lipinski definition) is 1. The fourth-order valence-electron chi connectivity index (χ4n) is 3.39. The van der Waals surface area contributed by atoms with Crippen LogP contribution in [0, 0.1) is 5.92 Å². The van der Waals surface area contributed by atoms with Gasteiger partial charge in [0.25, 0.3) is 0 Å². The number of rotatable bonds is 5. The van der Waals surface area contributed by atoms with Crippen LogP contribution >= 0.6 is 7.29 Å². The highest BCUT2D eigenvalue weighted by Crippen LogP contribution is 2.42. The van der Waals surface area contributed by atoms with E-state index in [9.17, 15) is 4.57 Å². The molecule has 1 aliphatic rings. The standard InChI is InChI=1S/C22H26NOP/c1-17(2)19-15-14-18(3)22(16-19)23-25(24,20-10-6-4-7-11-20)21-12-8-5-9-13-21/h4-14,19,22H,1,15-16H2,2-3H3,(H,23,24)/t19-,22-/m0/s1. The molecule has 0 aliphatic heterocycles. The molecule has 3 heteroatoms. The normalized spacial score (nSPS) is 20.8. The van der Waals surface area contributed by atoms with Gasteiger partial charge in [0, 0.05) is 16.7 Å². The van der Waals surface area contributed by atoms with Gasteiger partial charge in [-0.25, -0.2) is 0 Å². The lowest BCUT2D eigenvalue weighted by Crippen LogP contribution is -2.38. The van der Waals surface area contributed by atoms with Crippen LogP contribution in [0.4, 0.5) is 0 Å². The summed E-state index contributed by atoms with van der Waals surface area (Å²) < 4.78 is 14.1. The molecule has 0 saturated carbocycles. The van der Waals surface area contributed by atoms with E-state index in [4.69, 9.17) is 0 Å². The van der Waals surface area contributed by atoms with E-state index in [0.29, 0.717) is 5.92 Å². The molecule has 1 aliphatic carbocycles. The maximum Gasteiger partial charge on any atom is 0.205 e. The van der Waals surface area contributed by atoms with E-state index in [2.05, 4.69) is 31.6 Å². The predicted octanol–water partition coefficient (Wildman–Crippen LogP) is 4.81. The van der Waals surface area contributed by atoms with E-state index in [0.717, 1.165) is 23.5 Å². The van der Waals surface area contributed by atoms with Crippen LogP contribution < -0.4 is 15.7 Å². The molecule has 2 atom stereocenters. The Labute approximate surface area is 151 Å². The van der Waals surface area contributed by atoms with Crippen molar-refractivity contribution in [3.63, 3.8) is 0 Å². The van der Waals surface area contributed by atoms with Crippen molar-refractivity contribution in [1.82, 2.24) is 5.09 Å². The highest BCUT2D eigenvalue weighted by Gasteiger charge is 2.32. The molecule has 25 heavy (non-hydrogen) atoms. The molecule has 0 saturated heterocycles. The van der Waals surface area contributed by atoms with Gasteiger partial charge in [0.15, 0.2) is 0 Å². The fraction of sp³-hybridized carbons (Fsp3) is 0.273. The van der Waals surface area contributed by atoms with Crippen LogP contribution in [-0.4, -0.2) is 6.04 Å². The van der Waals surface area contributed by atoms with Crippen LogP contribution in [0.2, 0.25) is 0 Å². The van der Waals surface area contributed by atoms with Crippen molar-refractivity contribution in [2.75, 3.05) is 0 Å². The van der Waals surface area contributed by atoms with Gasteiger partial charge >= 0.3 is 0 Å². The molecule has 2 aromatic rings. The lowest BCUT2D eigenvalue weighted by atomic mass is 9.83. The first-order valence-corrected chi connectivity index (χ1v) is 10.5. The molecule has 1 N–H and O–H groups in total. The van der Waals surface area contributed by atoms with Crippen molar-refractivity contribution >= 4 is 17.9 Å².